The molecule has 0 radical (unpaired) electrons. The number of aromatic nitrogens is 3. The van der Waals surface area contributed by atoms with Gasteiger partial charge in [0, 0.05) is 25.7 Å². The van der Waals surface area contributed by atoms with Crippen molar-refractivity contribution in [3.05, 3.63) is 36.4 Å². The minimum absolute atomic E-state index is 0.190. The first-order valence-electron chi connectivity index (χ1n) is 5.67. The zero-order chi connectivity index (χ0) is 13.9. The van der Waals surface area contributed by atoms with Crippen LogP contribution in [-0.4, -0.2) is 29.7 Å². The molecule has 0 atom stereocenters. The van der Waals surface area contributed by atoms with E-state index in [1.807, 2.05) is 0 Å². The van der Waals surface area contributed by atoms with Crippen molar-refractivity contribution in [3.8, 4) is 0 Å². The molecule has 102 valence electrons. The molecular formula is C11H15N5O2S. The zero-order valence-corrected chi connectivity index (χ0v) is 11.3. The van der Waals surface area contributed by atoms with Crippen LogP contribution in [-0.2, 0) is 23.5 Å². The van der Waals surface area contributed by atoms with Gasteiger partial charge in [0.15, 0.2) is 5.82 Å². The number of anilines is 1. The number of nitrogen functional groups attached to an aromatic ring is 1. The molecule has 8 heteroatoms. The van der Waals surface area contributed by atoms with Gasteiger partial charge in [-0.2, -0.15) is 5.10 Å². The molecule has 0 saturated carbocycles. The summed E-state index contributed by atoms with van der Waals surface area (Å²) >= 11 is 0. The van der Waals surface area contributed by atoms with Gasteiger partial charge in [0.05, 0.1) is 4.90 Å². The number of benzene rings is 1. The number of hydrogen-bond acceptors (Lipinski definition) is 5. The predicted octanol–water partition coefficient (Wildman–Crippen LogP) is -0.0817. The molecule has 0 aliphatic heterocycles. The van der Waals surface area contributed by atoms with Crippen molar-refractivity contribution in [2.75, 3.05) is 12.3 Å². The second-order valence-electron chi connectivity index (χ2n) is 4.05. The van der Waals surface area contributed by atoms with E-state index in [4.69, 9.17) is 5.73 Å². The van der Waals surface area contributed by atoms with Crippen molar-refractivity contribution in [2.24, 2.45) is 7.05 Å². The summed E-state index contributed by atoms with van der Waals surface area (Å²) in [5.74, 6) is 0.600. The highest BCUT2D eigenvalue weighted by Gasteiger charge is 2.13. The first kappa shape index (κ1) is 13.5. The standard InChI is InChI=1S/C11H15N5O2S/c1-16-8-13-11(15-16)6-7-14-19(17,18)10-4-2-9(12)3-5-10/h2-5,8,14H,6-7,12H2,1H3. The van der Waals surface area contributed by atoms with Crippen LogP contribution in [0.1, 0.15) is 5.82 Å². The Kier molecular flexibility index (Phi) is 3.82. The highest BCUT2D eigenvalue weighted by molar-refractivity contribution is 7.89. The quantitative estimate of drug-likeness (QED) is 0.746. The minimum atomic E-state index is -3.51. The first-order valence-corrected chi connectivity index (χ1v) is 7.15. The van der Waals surface area contributed by atoms with Gasteiger partial charge in [0.25, 0.3) is 0 Å². The van der Waals surface area contributed by atoms with Crippen LogP contribution in [0, 0.1) is 0 Å². The van der Waals surface area contributed by atoms with Crippen molar-refractivity contribution in [2.45, 2.75) is 11.3 Å². The second-order valence-corrected chi connectivity index (χ2v) is 5.82. The molecule has 0 aliphatic carbocycles. The Bertz CT molecular complexity index is 648. The third-order valence-corrected chi connectivity index (χ3v) is 3.96. The Hall–Kier alpha value is -1.93. The SMILES string of the molecule is Cn1cnc(CCNS(=O)(=O)c2ccc(N)cc2)n1. The van der Waals surface area contributed by atoms with Gasteiger partial charge < -0.3 is 5.73 Å². The Balaban J connectivity index is 1.96. The van der Waals surface area contributed by atoms with Crippen LogP contribution in [0.2, 0.25) is 0 Å². The maximum Gasteiger partial charge on any atom is 0.240 e. The van der Waals surface area contributed by atoms with Gasteiger partial charge in [-0.25, -0.2) is 18.1 Å². The van der Waals surface area contributed by atoms with Crippen molar-refractivity contribution in [1.29, 1.82) is 0 Å². The molecule has 0 amide bonds. The molecule has 0 bridgehead atoms. The average Bonchev–Trinajstić information content (AvgIpc) is 2.75. The number of aryl methyl sites for hydroxylation is 1. The number of nitrogens with one attached hydrogen (secondary N) is 1. The fourth-order valence-corrected chi connectivity index (χ4v) is 2.56. The molecule has 0 spiro atoms. The Morgan fingerprint density at radius 1 is 1.32 bits per heavy atom. The van der Waals surface area contributed by atoms with E-state index in [1.165, 1.54) is 12.1 Å². The highest BCUT2D eigenvalue weighted by Crippen LogP contribution is 2.11. The number of sulfonamides is 1. The van der Waals surface area contributed by atoms with Gasteiger partial charge in [-0.3, -0.25) is 4.68 Å². The highest BCUT2D eigenvalue weighted by atomic mass is 32.2. The van der Waals surface area contributed by atoms with E-state index in [0.29, 0.717) is 17.9 Å². The van der Waals surface area contributed by atoms with Crippen LogP contribution in [0.3, 0.4) is 0 Å². The number of hydrogen-bond donors (Lipinski definition) is 2. The van der Waals surface area contributed by atoms with Crippen LogP contribution >= 0.6 is 0 Å². The fourth-order valence-electron chi connectivity index (χ4n) is 1.53. The van der Waals surface area contributed by atoms with E-state index in [-0.39, 0.29) is 11.4 Å². The summed E-state index contributed by atoms with van der Waals surface area (Å²) in [4.78, 5) is 4.21. The van der Waals surface area contributed by atoms with Crippen molar-refractivity contribution in [1.82, 2.24) is 19.5 Å². The van der Waals surface area contributed by atoms with Crippen LogP contribution in [0.15, 0.2) is 35.5 Å². The fraction of sp³-hybridized carbons (Fsp3) is 0.273. The summed E-state index contributed by atoms with van der Waals surface area (Å²) in [5, 5.41) is 4.07. The maximum absolute atomic E-state index is 11.9. The molecule has 0 unspecified atom stereocenters. The third-order valence-electron chi connectivity index (χ3n) is 2.48. The lowest BCUT2D eigenvalue weighted by Gasteiger charge is -2.05. The lowest BCUT2D eigenvalue weighted by atomic mass is 10.3. The summed E-state index contributed by atoms with van der Waals surface area (Å²) in [6.07, 6.45) is 2.01. The maximum atomic E-state index is 11.9. The van der Waals surface area contributed by atoms with E-state index in [1.54, 1.807) is 30.2 Å². The summed E-state index contributed by atoms with van der Waals surface area (Å²) in [5.41, 5.74) is 6.04. The van der Waals surface area contributed by atoms with E-state index < -0.39 is 10.0 Å². The Morgan fingerprint density at radius 3 is 2.58 bits per heavy atom. The molecule has 0 aliphatic rings. The average molecular weight is 281 g/mol. The minimum Gasteiger partial charge on any atom is -0.399 e. The van der Waals surface area contributed by atoms with Crippen LogP contribution in [0.5, 0.6) is 0 Å². The second kappa shape index (κ2) is 5.37. The summed E-state index contributed by atoms with van der Waals surface area (Å²) in [6, 6.07) is 6.04. The molecule has 1 aromatic carbocycles. The molecule has 19 heavy (non-hydrogen) atoms. The van der Waals surface area contributed by atoms with E-state index in [9.17, 15) is 8.42 Å². The molecule has 1 aromatic heterocycles. The zero-order valence-electron chi connectivity index (χ0n) is 10.4. The van der Waals surface area contributed by atoms with Gasteiger partial charge in [-0.05, 0) is 24.3 Å². The largest absolute Gasteiger partial charge is 0.399 e. The van der Waals surface area contributed by atoms with Gasteiger partial charge in [-0.1, -0.05) is 0 Å². The molecule has 0 fully saturated rings. The number of nitrogens with zero attached hydrogens (tertiary/aromatic N) is 3. The van der Waals surface area contributed by atoms with Crippen LogP contribution in [0.4, 0.5) is 5.69 Å². The number of rotatable bonds is 5. The third kappa shape index (κ3) is 3.52. The Labute approximate surface area is 111 Å². The van der Waals surface area contributed by atoms with Gasteiger partial charge in [-0.15, -0.1) is 0 Å². The van der Waals surface area contributed by atoms with Crippen LogP contribution in [0.25, 0.3) is 0 Å². The predicted molar refractivity (Wildman–Crippen MR) is 70.7 cm³/mol. The Morgan fingerprint density at radius 2 is 2.00 bits per heavy atom. The van der Waals surface area contributed by atoms with Gasteiger partial charge in [0.2, 0.25) is 10.0 Å². The lowest BCUT2D eigenvalue weighted by molar-refractivity contribution is 0.580. The van der Waals surface area contributed by atoms with E-state index in [2.05, 4.69) is 14.8 Å². The molecule has 2 rings (SSSR count). The summed E-state index contributed by atoms with van der Waals surface area (Å²) in [6.45, 7) is 0.247. The smallest absolute Gasteiger partial charge is 0.240 e. The molecule has 1 heterocycles. The van der Waals surface area contributed by atoms with Crippen molar-refractivity contribution >= 4 is 15.7 Å². The summed E-state index contributed by atoms with van der Waals surface area (Å²) in [7, 11) is -1.75. The van der Waals surface area contributed by atoms with Gasteiger partial charge >= 0.3 is 0 Å². The van der Waals surface area contributed by atoms with Crippen molar-refractivity contribution in [3.63, 3.8) is 0 Å². The molecule has 7 nitrogen and oxygen atoms in total. The van der Waals surface area contributed by atoms with E-state index >= 15 is 0 Å². The van der Waals surface area contributed by atoms with Crippen LogP contribution < -0.4 is 10.5 Å². The first-order chi connectivity index (χ1) is 8.97. The van der Waals surface area contributed by atoms with E-state index in [0.717, 1.165) is 0 Å². The van der Waals surface area contributed by atoms with Crippen molar-refractivity contribution < 1.29 is 8.42 Å². The number of nitrogens with two attached hydrogens (primary N) is 1. The normalized spacial score (nSPS) is 11.6. The van der Waals surface area contributed by atoms with Gasteiger partial charge in [0.1, 0.15) is 6.33 Å². The topological polar surface area (TPSA) is 103 Å². The molecule has 2 aromatic rings. The summed E-state index contributed by atoms with van der Waals surface area (Å²) < 4.78 is 27.9. The molecule has 0 saturated heterocycles. The lowest BCUT2D eigenvalue weighted by Crippen LogP contribution is -2.26. The molecule has 3 N–H and O–H groups in total. The molecular weight excluding hydrogens is 266 g/mol. The monoisotopic (exact) mass is 281 g/mol.